The number of nitrogens with one attached hydrogen (secondary N) is 1. The number of ether oxygens (including phenoxy) is 2. The number of aromatic nitrogens is 5. The van der Waals surface area contributed by atoms with Gasteiger partial charge in [-0.2, -0.15) is 0 Å². The standard InChI is InChI=1S/C24H33N7O3/c1-5-24(3,4)31-22(26-27-28-31)21(30-9-7-29(6-2)8-10-30)17-13-16-14-19-20(34-12-11-33-19)15-18(16)25-23(17)32/h13-15,21H,5-12H2,1-4H3,(H,25,32)/t21-/m0/s1. The predicted octanol–water partition coefficient (Wildman–Crippen LogP) is 2.16. The quantitative estimate of drug-likeness (QED) is 0.589. The molecule has 2 aromatic heterocycles. The maximum atomic E-state index is 13.5. The van der Waals surface area contributed by atoms with Gasteiger partial charge in [-0.25, -0.2) is 4.68 Å². The lowest BCUT2D eigenvalue weighted by molar-refractivity contribution is 0.105. The highest BCUT2D eigenvalue weighted by Crippen LogP contribution is 2.36. The van der Waals surface area contributed by atoms with Crippen molar-refractivity contribution in [3.63, 3.8) is 0 Å². The fourth-order valence-electron chi connectivity index (χ4n) is 4.75. The number of pyridine rings is 1. The van der Waals surface area contributed by atoms with E-state index in [1.807, 2.05) is 22.9 Å². The number of tetrazole rings is 1. The maximum Gasteiger partial charge on any atom is 0.253 e. The smallest absolute Gasteiger partial charge is 0.253 e. The molecule has 3 aromatic rings. The van der Waals surface area contributed by atoms with Crippen molar-refractivity contribution in [2.45, 2.75) is 45.7 Å². The van der Waals surface area contributed by atoms with Gasteiger partial charge in [-0.05, 0) is 49.4 Å². The van der Waals surface area contributed by atoms with Gasteiger partial charge in [0.1, 0.15) is 19.3 Å². The molecule has 1 atom stereocenters. The van der Waals surface area contributed by atoms with Crippen LogP contribution in [0, 0.1) is 0 Å². The van der Waals surface area contributed by atoms with Gasteiger partial charge in [-0.15, -0.1) is 5.10 Å². The Balaban J connectivity index is 1.64. The van der Waals surface area contributed by atoms with E-state index in [4.69, 9.17) is 9.47 Å². The number of aromatic amines is 1. The Kier molecular flexibility index (Phi) is 6.03. The largest absolute Gasteiger partial charge is 0.486 e. The van der Waals surface area contributed by atoms with Gasteiger partial charge in [0.15, 0.2) is 17.3 Å². The van der Waals surface area contributed by atoms with E-state index in [0.29, 0.717) is 36.1 Å². The van der Waals surface area contributed by atoms with Gasteiger partial charge in [-0.1, -0.05) is 13.8 Å². The molecule has 1 aromatic carbocycles. The zero-order chi connectivity index (χ0) is 23.9. The first-order chi connectivity index (χ1) is 16.4. The second-order valence-electron chi connectivity index (χ2n) is 9.62. The fourth-order valence-corrected chi connectivity index (χ4v) is 4.75. The summed E-state index contributed by atoms with van der Waals surface area (Å²) in [6.45, 7) is 14.1. The lowest BCUT2D eigenvalue weighted by Crippen LogP contribution is -2.49. The first-order valence-corrected chi connectivity index (χ1v) is 12.1. The summed E-state index contributed by atoms with van der Waals surface area (Å²) >= 11 is 0. The second-order valence-corrected chi connectivity index (χ2v) is 9.62. The average Bonchev–Trinajstić information content (AvgIpc) is 3.34. The zero-order valence-corrected chi connectivity index (χ0v) is 20.4. The Labute approximate surface area is 198 Å². The molecule has 5 rings (SSSR count). The van der Waals surface area contributed by atoms with Gasteiger partial charge in [-0.3, -0.25) is 9.69 Å². The molecule has 2 aliphatic rings. The van der Waals surface area contributed by atoms with Gasteiger partial charge < -0.3 is 19.4 Å². The van der Waals surface area contributed by atoms with Crippen molar-refractivity contribution < 1.29 is 9.47 Å². The van der Waals surface area contributed by atoms with Gasteiger partial charge in [0.25, 0.3) is 5.56 Å². The van der Waals surface area contributed by atoms with Crippen LogP contribution in [-0.4, -0.2) is 80.9 Å². The number of benzene rings is 1. The first-order valence-electron chi connectivity index (χ1n) is 12.1. The van der Waals surface area contributed by atoms with Crippen molar-refractivity contribution in [2.24, 2.45) is 0 Å². The monoisotopic (exact) mass is 467 g/mol. The summed E-state index contributed by atoms with van der Waals surface area (Å²) in [4.78, 5) is 21.3. The van der Waals surface area contributed by atoms with Crippen LogP contribution >= 0.6 is 0 Å². The number of hydrogen-bond acceptors (Lipinski definition) is 8. The zero-order valence-electron chi connectivity index (χ0n) is 20.4. The van der Waals surface area contributed by atoms with Crippen LogP contribution < -0.4 is 15.0 Å². The summed E-state index contributed by atoms with van der Waals surface area (Å²) in [6.07, 6.45) is 0.860. The molecule has 0 bridgehead atoms. The molecule has 0 amide bonds. The highest BCUT2D eigenvalue weighted by molar-refractivity contribution is 5.83. The third kappa shape index (κ3) is 4.05. The number of piperazine rings is 1. The number of nitrogens with zero attached hydrogens (tertiary/aromatic N) is 6. The molecule has 0 radical (unpaired) electrons. The number of H-pyrrole nitrogens is 1. The molecule has 2 aliphatic heterocycles. The van der Waals surface area contributed by atoms with E-state index in [0.717, 1.165) is 50.0 Å². The summed E-state index contributed by atoms with van der Waals surface area (Å²) in [5.74, 6) is 2.05. The molecule has 1 N–H and O–H groups in total. The number of fused-ring (bicyclic) bond motifs is 2. The minimum absolute atomic E-state index is 0.143. The van der Waals surface area contributed by atoms with Crippen LogP contribution in [0.15, 0.2) is 23.0 Å². The number of rotatable bonds is 6. The molecule has 1 fully saturated rings. The van der Waals surface area contributed by atoms with E-state index in [9.17, 15) is 4.79 Å². The number of likely N-dealkylation sites (N-methyl/N-ethyl adjacent to an activating group) is 1. The minimum Gasteiger partial charge on any atom is -0.486 e. The van der Waals surface area contributed by atoms with Crippen molar-refractivity contribution in [2.75, 3.05) is 45.9 Å². The Morgan fingerprint density at radius 1 is 1.06 bits per heavy atom. The molecule has 0 saturated carbocycles. The van der Waals surface area contributed by atoms with E-state index in [1.165, 1.54) is 0 Å². The van der Waals surface area contributed by atoms with E-state index in [-0.39, 0.29) is 17.1 Å². The second kappa shape index (κ2) is 8.99. The Morgan fingerprint density at radius 3 is 2.44 bits per heavy atom. The van der Waals surface area contributed by atoms with Crippen molar-refractivity contribution in [3.05, 3.63) is 39.9 Å². The molecular formula is C24H33N7O3. The molecule has 10 nitrogen and oxygen atoms in total. The molecule has 0 unspecified atom stereocenters. The van der Waals surface area contributed by atoms with E-state index in [2.05, 4.69) is 58.0 Å². The molecular weight excluding hydrogens is 434 g/mol. The summed E-state index contributed by atoms with van der Waals surface area (Å²) < 4.78 is 13.4. The minimum atomic E-state index is -0.360. The topological polar surface area (TPSA) is 101 Å². The van der Waals surface area contributed by atoms with Crippen molar-refractivity contribution >= 4 is 10.9 Å². The van der Waals surface area contributed by atoms with Crippen LogP contribution in [0.5, 0.6) is 11.5 Å². The lowest BCUT2D eigenvalue weighted by Gasteiger charge is -2.39. The molecule has 0 aliphatic carbocycles. The van der Waals surface area contributed by atoms with Gasteiger partial charge >= 0.3 is 0 Å². The van der Waals surface area contributed by atoms with Gasteiger partial charge in [0.05, 0.1) is 11.1 Å². The van der Waals surface area contributed by atoms with Crippen LogP contribution in [-0.2, 0) is 5.54 Å². The lowest BCUT2D eigenvalue weighted by atomic mass is 9.98. The summed E-state index contributed by atoms with van der Waals surface area (Å²) in [7, 11) is 0. The van der Waals surface area contributed by atoms with Gasteiger partial charge in [0.2, 0.25) is 0 Å². The van der Waals surface area contributed by atoms with Crippen molar-refractivity contribution in [1.82, 2.24) is 35.0 Å². The Bertz CT molecular complexity index is 1230. The Morgan fingerprint density at radius 2 is 1.76 bits per heavy atom. The maximum absolute atomic E-state index is 13.5. The number of hydrogen-bond donors (Lipinski definition) is 1. The summed E-state index contributed by atoms with van der Waals surface area (Å²) in [5.41, 5.74) is 0.935. The van der Waals surface area contributed by atoms with Crippen LogP contribution in [0.3, 0.4) is 0 Å². The Hall–Kier alpha value is -2.98. The van der Waals surface area contributed by atoms with Crippen LogP contribution in [0.1, 0.15) is 51.5 Å². The van der Waals surface area contributed by atoms with E-state index in [1.54, 1.807) is 0 Å². The van der Waals surface area contributed by atoms with Crippen LogP contribution in [0.4, 0.5) is 0 Å². The van der Waals surface area contributed by atoms with Gasteiger partial charge in [0, 0.05) is 43.2 Å². The first kappa shape index (κ1) is 22.8. The predicted molar refractivity (Wildman–Crippen MR) is 129 cm³/mol. The van der Waals surface area contributed by atoms with E-state index < -0.39 is 0 Å². The third-order valence-corrected chi connectivity index (χ3v) is 7.23. The molecule has 1 saturated heterocycles. The van der Waals surface area contributed by atoms with E-state index >= 15 is 0 Å². The van der Waals surface area contributed by atoms with Crippen molar-refractivity contribution in [3.8, 4) is 11.5 Å². The normalized spacial score (nSPS) is 18.4. The summed E-state index contributed by atoms with van der Waals surface area (Å²) in [5, 5.41) is 13.7. The SMILES string of the molecule is CCN1CCN([C@@H](c2cc3cc4c(cc3[nH]c2=O)OCCO4)c2nnnn2C(C)(C)CC)CC1. The summed E-state index contributed by atoms with van der Waals surface area (Å²) in [6, 6.07) is 5.38. The fraction of sp³-hybridized carbons (Fsp3) is 0.583. The average molecular weight is 468 g/mol. The third-order valence-electron chi connectivity index (χ3n) is 7.23. The molecule has 10 heteroatoms. The molecule has 34 heavy (non-hydrogen) atoms. The molecule has 4 heterocycles. The molecule has 0 spiro atoms. The van der Waals surface area contributed by atoms with Crippen LogP contribution in [0.25, 0.3) is 10.9 Å². The van der Waals surface area contributed by atoms with Crippen molar-refractivity contribution in [1.29, 1.82) is 0 Å². The molecule has 182 valence electrons. The highest BCUT2D eigenvalue weighted by atomic mass is 16.6. The van der Waals surface area contributed by atoms with Crippen LogP contribution in [0.2, 0.25) is 0 Å². The highest BCUT2D eigenvalue weighted by Gasteiger charge is 2.35.